The molecule has 2 aromatic rings. The van der Waals surface area contributed by atoms with E-state index >= 15 is 0 Å². The summed E-state index contributed by atoms with van der Waals surface area (Å²) in [6, 6.07) is 5.49. The van der Waals surface area contributed by atoms with E-state index in [1.165, 1.54) is 25.3 Å². The second-order valence-corrected chi connectivity index (χ2v) is 4.71. The average molecular weight is 309 g/mol. The molecule has 0 spiro atoms. The number of hydrogen-bond donors (Lipinski definition) is 1. The molecule has 2 rings (SSSR count). The van der Waals surface area contributed by atoms with Crippen LogP contribution in [0.2, 0.25) is 0 Å². The van der Waals surface area contributed by atoms with Crippen molar-refractivity contribution in [2.24, 2.45) is 0 Å². The van der Waals surface area contributed by atoms with Gasteiger partial charge in [0.05, 0.1) is 7.11 Å². The Kier molecular flexibility index (Phi) is 4.70. The highest BCUT2D eigenvalue weighted by molar-refractivity contribution is 5.95. The highest BCUT2D eigenvalue weighted by atomic mass is 19.1. The number of carbonyl (C=O) groups is 1. The second kappa shape index (κ2) is 6.51. The van der Waals surface area contributed by atoms with Gasteiger partial charge in [-0.15, -0.1) is 0 Å². The topological polar surface area (TPSA) is 38.3 Å². The number of hydrogen-bond acceptors (Lipinski definition) is 2. The Labute approximate surface area is 125 Å². The quantitative estimate of drug-likeness (QED) is 0.940. The lowest BCUT2D eigenvalue weighted by Crippen LogP contribution is -2.24. The molecule has 22 heavy (non-hydrogen) atoms. The predicted octanol–water partition coefficient (Wildman–Crippen LogP) is 3.35. The molecular weight excluding hydrogens is 295 g/mol. The van der Waals surface area contributed by atoms with Crippen LogP contribution in [0.3, 0.4) is 0 Å². The van der Waals surface area contributed by atoms with Gasteiger partial charge in [0.15, 0.2) is 0 Å². The van der Waals surface area contributed by atoms with Gasteiger partial charge in [-0.05, 0) is 30.7 Å². The molecule has 0 saturated heterocycles. The van der Waals surface area contributed by atoms with Crippen LogP contribution < -0.4 is 10.1 Å². The van der Waals surface area contributed by atoms with E-state index in [4.69, 9.17) is 4.74 Å². The summed E-state index contributed by atoms with van der Waals surface area (Å²) in [6.07, 6.45) is 0. The van der Waals surface area contributed by atoms with Crippen molar-refractivity contribution >= 4 is 5.91 Å². The summed E-state index contributed by atoms with van der Waals surface area (Å²) in [5, 5.41) is 2.51. The Balaban J connectivity index is 2.18. The lowest BCUT2D eigenvalue weighted by Gasteiger charge is -2.12. The zero-order valence-corrected chi connectivity index (χ0v) is 12.0. The number of halogens is 3. The van der Waals surface area contributed by atoms with Gasteiger partial charge in [0.25, 0.3) is 5.91 Å². The molecular formula is C16H14F3NO2. The number of nitrogens with one attached hydrogen (secondary N) is 1. The summed E-state index contributed by atoms with van der Waals surface area (Å²) in [5.41, 5.74) is 0.781. The fraction of sp³-hybridized carbons (Fsp3) is 0.188. The Morgan fingerprint density at radius 1 is 1.14 bits per heavy atom. The van der Waals surface area contributed by atoms with Crippen LogP contribution in [0.4, 0.5) is 13.2 Å². The zero-order valence-electron chi connectivity index (χ0n) is 12.0. The first-order valence-electron chi connectivity index (χ1n) is 6.48. The fourth-order valence-electron chi connectivity index (χ4n) is 2.08. The first-order chi connectivity index (χ1) is 10.4. The van der Waals surface area contributed by atoms with Crippen molar-refractivity contribution in [1.29, 1.82) is 0 Å². The van der Waals surface area contributed by atoms with Crippen LogP contribution in [-0.4, -0.2) is 13.0 Å². The molecule has 2 aromatic carbocycles. The summed E-state index contributed by atoms with van der Waals surface area (Å²) < 4.78 is 44.8. The molecule has 1 N–H and O–H groups in total. The summed E-state index contributed by atoms with van der Waals surface area (Å²) in [4.78, 5) is 12.1. The van der Waals surface area contributed by atoms with Gasteiger partial charge in [0, 0.05) is 29.8 Å². The molecule has 0 fully saturated rings. The number of carbonyl (C=O) groups excluding carboxylic acids is 1. The van der Waals surface area contributed by atoms with E-state index in [0.29, 0.717) is 11.6 Å². The SMILES string of the molecule is COc1cc(F)cc(F)c1CNC(=O)c1ccc(F)cc1C. The van der Waals surface area contributed by atoms with E-state index in [9.17, 15) is 18.0 Å². The summed E-state index contributed by atoms with van der Waals surface area (Å²) in [6.45, 7) is 1.42. The van der Waals surface area contributed by atoms with E-state index in [-0.39, 0.29) is 23.4 Å². The van der Waals surface area contributed by atoms with Crippen molar-refractivity contribution in [1.82, 2.24) is 5.32 Å². The van der Waals surface area contributed by atoms with Crippen LogP contribution >= 0.6 is 0 Å². The normalized spacial score (nSPS) is 10.4. The number of benzene rings is 2. The molecule has 0 aliphatic heterocycles. The maximum absolute atomic E-state index is 13.8. The Hall–Kier alpha value is -2.50. The van der Waals surface area contributed by atoms with Gasteiger partial charge in [0.1, 0.15) is 23.2 Å². The van der Waals surface area contributed by atoms with E-state index in [0.717, 1.165) is 6.07 Å². The van der Waals surface area contributed by atoms with Gasteiger partial charge in [-0.1, -0.05) is 0 Å². The molecule has 0 bridgehead atoms. The Morgan fingerprint density at radius 2 is 1.86 bits per heavy atom. The molecule has 0 saturated carbocycles. The maximum Gasteiger partial charge on any atom is 0.251 e. The molecule has 0 unspecified atom stereocenters. The molecule has 6 heteroatoms. The standard InChI is InChI=1S/C16H14F3NO2/c1-9-5-10(17)3-4-12(9)16(21)20-8-13-14(19)6-11(18)7-15(13)22-2/h3-7H,8H2,1-2H3,(H,20,21). The van der Waals surface area contributed by atoms with E-state index < -0.39 is 23.4 Å². The number of methoxy groups -OCH3 is 1. The maximum atomic E-state index is 13.8. The van der Waals surface area contributed by atoms with Gasteiger partial charge in [-0.25, -0.2) is 13.2 Å². The fourth-order valence-corrected chi connectivity index (χ4v) is 2.08. The lowest BCUT2D eigenvalue weighted by atomic mass is 10.1. The van der Waals surface area contributed by atoms with Crippen LogP contribution in [0.15, 0.2) is 30.3 Å². The number of aryl methyl sites for hydroxylation is 1. The highest BCUT2D eigenvalue weighted by Gasteiger charge is 2.15. The molecule has 0 heterocycles. The minimum atomic E-state index is -0.812. The largest absolute Gasteiger partial charge is 0.496 e. The van der Waals surface area contributed by atoms with Crippen LogP contribution in [0.5, 0.6) is 5.75 Å². The molecule has 0 aliphatic rings. The number of rotatable bonds is 4. The third-order valence-corrected chi connectivity index (χ3v) is 3.20. The molecule has 0 aliphatic carbocycles. The molecule has 116 valence electrons. The van der Waals surface area contributed by atoms with E-state index in [2.05, 4.69) is 5.32 Å². The number of ether oxygens (including phenoxy) is 1. The number of amides is 1. The summed E-state index contributed by atoms with van der Waals surface area (Å²) in [5.74, 6) is -2.50. The van der Waals surface area contributed by atoms with Crippen LogP contribution in [0.25, 0.3) is 0 Å². The van der Waals surface area contributed by atoms with E-state index in [1.54, 1.807) is 6.92 Å². The Bertz CT molecular complexity index is 717. The van der Waals surface area contributed by atoms with Gasteiger partial charge in [-0.3, -0.25) is 4.79 Å². The smallest absolute Gasteiger partial charge is 0.251 e. The van der Waals surface area contributed by atoms with Gasteiger partial charge in [0.2, 0.25) is 0 Å². The minimum Gasteiger partial charge on any atom is -0.496 e. The van der Waals surface area contributed by atoms with Crippen molar-refractivity contribution in [2.45, 2.75) is 13.5 Å². The van der Waals surface area contributed by atoms with Crippen molar-refractivity contribution in [3.63, 3.8) is 0 Å². The predicted molar refractivity (Wildman–Crippen MR) is 75.2 cm³/mol. The monoisotopic (exact) mass is 309 g/mol. The Morgan fingerprint density at radius 3 is 2.50 bits per heavy atom. The van der Waals surface area contributed by atoms with Gasteiger partial charge in [-0.2, -0.15) is 0 Å². The van der Waals surface area contributed by atoms with Gasteiger partial charge < -0.3 is 10.1 Å². The molecule has 3 nitrogen and oxygen atoms in total. The van der Waals surface area contributed by atoms with Crippen molar-refractivity contribution < 1.29 is 22.7 Å². The van der Waals surface area contributed by atoms with Crippen molar-refractivity contribution in [3.8, 4) is 5.75 Å². The van der Waals surface area contributed by atoms with Crippen LogP contribution in [-0.2, 0) is 6.54 Å². The zero-order chi connectivity index (χ0) is 16.3. The second-order valence-electron chi connectivity index (χ2n) is 4.71. The lowest BCUT2D eigenvalue weighted by molar-refractivity contribution is 0.0949. The third kappa shape index (κ3) is 3.39. The molecule has 0 aromatic heterocycles. The van der Waals surface area contributed by atoms with Crippen molar-refractivity contribution in [2.75, 3.05) is 7.11 Å². The first kappa shape index (κ1) is 15.9. The van der Waals surface area contributed by atoms with Crippen LogP contribution in [0.1, 0.15) is 21.5 Å². The average Bonchev–Trinajstić information content (AvgIpc) is 2.45. The van der Waals surface area contributed by atoms with E-state index in [1.807, 2.05) is 0 Å². The molecule has 1 amide bonds. The molecule has 0 atom stereocenters. The van der Waals surface area contributed by atoms with Crippen molar-refractivity contribution in [3.05, 3.63) is 64.5 Å². The molecule has 0 radical (unpaired) electrons. The highest BCUT2D eigenvalue weighted by Crippen LogP contribution is 2.23. The summed E-state index contributed by atoms with van der Waals surface area (Å²) >= 11 is 0. The van der Waals surface area contributed by atoms with Gasteiger partial charge >= 0.3 is 0 Å². The minimum absolute atomic E-state index is 0.00799. The first-order valence-corrected chi connectivity index (χ1v) is 6.48. The summed E-state index contributed by atoms with van der Waals surface area (Å²) in [7, 11) is 1.28. The third-order valence-electron chi connectivity index (χ3n) is 3.20. The van der Waals surface area contributed by atoms with Crippen LogP contribution in [0, 0.1) is 24.4 Å².